The van der Waals surface area contributed by atoms with Gasteiger partial charge in [-0.1, -0.05) is 83.9 Å². The highest BCUT2D eigenvalue weighted by Gasteiger charge is 2.55. The van der Waals surface area contributed by atoms with E-state index in [-0.39, 0.29) is 60.1 Å². The van der Waals surface area contributed by atoms with E-state index in [0.29, 0.717) is 12.0 Å². The van der Waals surface area contributed by atoms with Crippen LogP contribution >= 0.6 is 0 Å². The zero-order chi connectivity index (χ0) is 43.6. The van der Waals surface area contributed by atoms with Gasteiger partial charge in [-0.25, -0.2) is 9.59 Å². The van der Waals surface area contributed by atoms with Crippen LogP contribution in [0.4, 0.5) is 0 Å². The highest BCUT2D eigenvalue weighted by molar-refractivity contribution is 6.04. The number of hydrogen-bond acceptors (Lipinski definition) is 13. The number of methoxy groups -OCH3 is 2. The summed E-state index contributed by atoms with van der Waals surface area (Å²) in [5.41, 5.74) is 1.42. The van der Waals surface area contributed by atoms with Gasteiger partial charge in [0.1, 0.15) is 23.7 Å². The molecule has 1 amide bonds. The molecule has 0 saturated carbocycles. The Morgan fingerprint density at radius 2 is 1.69 bits per heavy atom. The minimum Gasteiger partial charge on any atom is -0.510 e. The molecule has 3 rings (SSSR count). The van der Waals surface area contributed by atoms with Crippen LogP contribution in [0.5, 0.6) is 0 Å². The van der Waals surface area contributed by atoms with Crippen LogP contribution in [0.2, 0.25) is 0 Å². The average Bonchev–Trinajstić information content (AvgIpc) is 3.48. The van der Waals surface area contributed by atoms with Crippen LogP contribution in [0.1, 0.15) is 88.0 Å². The van der Waals surface area contributed by atoms with Crippen molar-refractivity contribution in [2.24, 2.45) is 35.5 Å². The number of carbonyl (C=O) groups excluding carboxylic acids is 4. The summed E-state index contributed by atoms with van der Waals surface area (Å²) in [5, 5.41) is 46.9. The van der Waals surface area contributed by atoms with Crippen LogP contribution in [-0.2, 0) is 42.9 Å². The Morgan fingerprint density at radius 3 is 2.28 bits per heavy atom. The number of carbonyl (C=O) groups is 4. The number of rotatable bonds is 11. The minimum absolute atomic E-state index is 0.0490. The van der Waals surface area contributed by atoms with Crippen LogP contribution in [0.3, 0.4) is 0 Å². The van der Waals surface area contributed by atoms with Gasteiger partial charge >= 0.3 is 11.9 Å². The number of Topliss-reactive ketones (excluding diaryl/α,β-unsaturated/α-hetero) is 1. The molecule has 0 bridgehead atoms. The number of cyclic esters (lactones) is 1. The predicted molar refractivity (Wildman–Crippen MR) is 215 cm³/mol. The van der Waals surface area contributed by atoms with E-state index >= 15 is 0 Å². The van der Waals surface area contributed by atoms with Crippen molar-refractivity contribution >= 4 is 23.6 Å². The number of hydrogen-bond donors (Lipinski definition) is 5. The fraction of sp³-hybridized carbons (Fsp3) is 0.636. The maximum Gasteiger partial charge on any atom is 0.373 e. The monoisotopic (exact) mass is 815 g/mol. The van der Waals surface area contributed by atoms with Crippen molar-refractivity contribution < 1.29 is 63.3 Å². The second kappa shape index (κ2) is 21.3. The molecule has 1 saturated heterocycles. The van der Waals surface area contributed by atoms with Crippen LogP contribution < -0.4 is 5.32 Å². The molecule has 14 heteroatoms. The number of amides is 1. The topological polar surface area (TPSA) is 207 Å². The standard InChI is InChI=1S/C44H65NO13/c1-23(2)41-28(7)33(48)22-44(58-41,57-37(50)18-17-36(49)45-38-31(46)15-16-32(38)47)30(9)40(52)29(8)42-34(54-10)14-12-13-24(3)19-26(5)39(51)27(6)20-25(4)21-35(55-11)43(53)56-42/h12-14,17-18,20-21,23,26-30,33-34,39-42,46,48,51-52H,15-16,19,22H2,1-11H3,(H,45,49). The molecule has 2 heterocycles. The number of nitrogens with one attached hydrogen (secondary N) is 1. The second-order valence-corrected chi connectivity index (χ2v) is 16.5. The third-order valence-electron chi connectivity index (χ3n) is 11.5. The normalized spacial score (nSPS) is 32.2. The number of allylic oxidation sites excluding steroid dienone is 7. The smallest absolute Gasteiger partial charge is 0.373 e. The maximum absolute atomic E-state index is 13.8. The van der Waals surface area contributed by atoms with Crippen LogP contribution in [0.15, 0.2) is 70.9 Å². The van der Waals surface area contributed by atoms with E-state index in [1.807, 2.05) is 53.7 Å². The van der Waals surface area contributed by atoms with Crippen molar-refractivity contribution in [2.45, 2.75) is 130 Å². The van der Waals surface area contributed by atoms with Gasteiger partial charge in [-0.05, 0) is 38.2 Å². The van der Waals surface area contributed by atoms with Crippen molar-refractivity contribution in [3.63, 3.8) is 0 Å². The Hall–Kier alpha value is -4.08. The lowest BCUT2D eigenvalue weighted by Gasteiger charge is -2.51. The molecule has 5 N–H and O–H groups in total. The lowest BCUT2D eigenvalue weighted by Crippen LogP contribution is -2.60. The molecular weight excluding hydrogens is 750 g/mol. The quantitative estimate of drug-likeness (QED) is 0.137. The zero-order valence-electron chi connectivity index (χ0n) is 35.8. The van der Waals surface area contributed by atoms with Gasteiger partial charge in [0.2, 0.25) is 17.5 Å². The molecule has 0 radical (unpaired) electrons. The fourth-order valence-corrected chi connectivity index (χ4v) is 7.98. The van der Waals surface area contributed by atoms with E-state index in [1.165, 1.54) is 20.3 Å². The highest BCUT2D eigenvalue weighted by atomic mass is 16.7. The van der Waals surface area contributed by atoms with E-state index in [4.69, 9.17) is 23.7 Å². The molecule has 12 unspecified atom stereocenters. The summed E-state index contributed by atoms with van der Waals surface area (Å²) in [6.45, 7) is 16.4. The van der Waals surface area contributed by atoms with Crippen molar-refractivity contribution in [3.05, 3.63) is 70.9 Å². The summed E-state index contributed by atoms with van der Waals surface area (Å²) in [5.74, 6) is -8.33. The molecule has 0 spiro atoms. The number of aliphatic hydroxyl groups excluding tert-OH is 4. The van der Waals surface area contributed by atoms with Gasteiger partial charge in [0.05, 0.1) is 31.5 Å². The summed E-state index contributed by atoms with van der Waals surface area (Å²) in [6.07, 6.45) is 5.14. The average molecular weight is 816 g/mol. The highest BCUT2D eigenvalue weighted by Crippen LogP contribution is 2.44. The van der Waals surface area contributed by atoms with Crippen LogP contribution in [0.25, 0.3) is 0 Å². The molecule has 1 aliphatic carbocycles. The third kappa shape index (κ3) is 12.2. The third-order valence-corrected chi connectivity index (χ3v) is 11.5. The molecular formula is C44H65NO13. The van der Waals surface area contributed by atoms with Crippen molar-refractivity contribution in [1.29, 1.82) is 0 Å². The van der Waals surface area contributed by atoms with E-state index in [9.17, 15) is 39.6 Å². The van der Waals surface area contributed by atoms with Gasteiger partial charge in [0.15, 0.2) is 5.78 Å². The summed E-state index contributed by atoms with van der Waals surface area (Å²) in [4.78, 5) is 52.0. The first-order chi connectivity index (χ1) is 27.2. The van der Waals surface area contributed by atoms with Crippen molar-refractivity contribution in [3.8, 4) is 0 Å². The summed E-state index contributed by atoms with van der Waals surface area (Å²) < 4.78 is 30.0. The van der Waals surface area contributed by atoms with E-state index in [0.717, 1.165) is 17.7 Å². The minimum atomic E-state index is -1.94. The molecule has 1 fully saturated rings. The largest absolute Gasteiger partial charge is 0.510 e. The molecule has 3 aliphatic rings. The maximum atomic E-state index is 13.8. The first-order valence-electron chi connectivity index (χ1n) is 20.1. The first kappa shape index (κ1) is 48.3. The van der Waals surface area contributed by atoms with Gasteiger partial charge in [-0.15, -0.1) is 0 Å². The number of ether oxygens (including phenoxy) is 5. The van der Waals surface area contributed by atoms with Gasteiger partial charge in [-0.2, -0.15) is 0 Å². The Bertz CT molecular complexity index is 1670. The van der Waals surface area contributed by atoms with Gasteiger partial charge in [-0.3, -0.25) is 9.59 Å². The first-order valence-corrected chi connectivity index (χ1v) is 20.1. The molecule has 324 valence electrons. The predicted octanol–water partition coefficient (Wildman–Crippen LogP) is 5.05. The lowest BCUT2D eigenvalue weighted by molar-refractivity contribution is -0.331. The number of aliphatic hydroxyl groups is 4. The fourth-order valence-electron chi connectivity index (χ4n) is 7.98. The summed E-state index contributed by atoms with van der Waals surface area (Å²) in [7, 11) is 2.77. The lowest BCUT2D eigenvalue weighted by atomic mass is 9.76. The molecule has 2 aliphatic heterocycles. The van der Waals surface area contributed by atoms with E-state index in [1.54, 1.807) is 32.9 Å². The van der Waals surface area contributed by atoms with Crippen LogP contribution in [0, 0.1) is 35.5 Å². The Labute approximate surface area is 342 Å². The summed E-state index contributed by atoms with van der Waals surface area (Å²) in [6, 6.07) is 0. The SMILES string of the molecule is COC1=CC(C)=CC(C)C(O)C(C)CC(C)=CC=CC(OC)C(C(C)C(O)C(C)C2(OC(=O)C=CC(=O)NC3=C(O)CCC3=O)CC(O)C(C)C(C(C)C)O2)OC1=O. The van der Waals surface area contributed by atoms with Gasteiger partial charge < -0.3 is 49.4 Å². The Kier molecular flexibility index (Phi) is 17.7. The van der Waals surface area contributed by atoms with E-state index in [2.05, 4.69) is 5.32 Å². The van der Waals surface area contributed by atoms with Crippen LogP contribution in [-0.4, -0.2) is 101 Å². The van der Waals surface area contributed by atoms with Crippen molar-refractivity contribution in [1.82, 2.24) is 5.32 Å². The molecule has 12 atom stereocenters. The van der Waals surface area contributed by atoms with E-state index < -0.39 is 77.9 Å². The molecule has 58 heavy (non-hydrogen) atoms. The molecule has 0 aromatic rings. The van der Waals surface area contributed by atoms with Gasteiger partial charge in [0.25, 0.3) is 0 Å². The molecule has 14 nitrogen and oxygen atoms in total. The molecule has 0 aromatic heterocycles. The summed E-state index contributed by atoms with van der Waals surface area (Å²) >= 11 is 0. The molecule has 0 aromatic carbocycles. The Morgan fingerprint density at radius 1 is 1.02 bits per heavy atom. The van der Waals surface area contributed by atoms with Crippen molar-refractivity contribution in [2.75, 3.05) is 14.2 Å². The number of esters is 2. The second-order valence-electron chi connectivity index (χ2n) is 16.5. The van der Waals surface area contributed by atoms with Gasteiger partial charge in [0, 0.05) is 62.2 Å². The number of ketones is 1. The zero-order valence-corrected chi connectivity index (χ0v) is 35.8. The Balaban J connectivity index is 2.05.